The van der Waals surface area contributed by atoms with Crippen LogP contribution >= 0.6 is 11.3 Å². The number of carbonyl (C=O) groups excluding carboxylic acids is 2. The number of nitrogens with one attached hydrogen (secondary N) is 2. The van der Waals surface area contributed by atoms with Crippen LogP contribution in [0.25, 0.3) is 0 Å². The lowest BCUT2D eigenvalue weighted by Gasteiger charge is -2.24. The number of thiazole rings is 1. The zero-order chi connectivity index (χ0) is 20.4. The number of amides is 2. The summed E-state index contributed by atoms with van der Waals surface area (Å²) in [5, 5.41) is 12.0. The van der Waals surface area contributed by atoms with Crippen molar-refractivity contribution in [1.82, 2.24) is 25.1 Å². The van der Waals surface area contributed by atoms with E-state index in [0.717, 1.165) is 34.4 Å². The lowest BCUT2D eigenvalue weighted by atomic mass is 9.94. The summed E-state index contributed by atoms with van der Waals surface area (Å²) in [5.41, 5.74) is 2.86. The Hall–Kier alpha value is -3.07. The van der Waals surface area contributed by atoms with Gasteiger partial charge >= 0.3 is 0 Å². The van der Waals surface area contributed by atoms with E-state index in [9.17, 15) is 9.59 Å². The van der Waals surface area contributed by atoms with Crippen LogP contribution in [0.4, 0.5) is 5.00 Å². The number of hydrogen-bond acceptors (Lipinski definition) is 6. The van der Waals surface area contributed by atoms with Gasteiger partial charge in [-0.15, -0.1) is 11.3 Å². The van der Waals surface area contributed by atoms with E-state index < -0.39 is 0 Å². The third-order valence-corrected chi connectivity index (χ3v) is 6.02. The molecule has 4 rings (SSSR count). The summed E-state index contributed by atoms with van der Waals surface area (Å²) in [4.78, 5) is 33.4. The summed E-state index contributed by atoms with van der Waals surface area (Å²) in [5.74, 6) is -0.0528. The van der Waals surface area contributed by atoms with Crippen LogP contribution in [0.1, 0.15) is 43.5 Å². The zero-order valence-corrected chi connectivity index (χ0v) is 17.1. The Morgan fingerprint density at radius 3 is 2.86 bits per heavy atom. The molecule has 0 radical (unpaired) electrons. The van der Waals surface area contributed by atoms with Crippen LogP contribution in [0, 0.1) is 19.8 Å². The lowest BCUT2D eigenvalue weighted by Crippen LogP contribution is -2.33. The van der Waals surface area contributed by atoms with Crippen LogP contribution in [0.5, 0.6) is 0 Å². The van der Waals surface area contributed by atoms with Gasteiger partial charge in [-0.25, -0.2) is 4.98 Å². The second-order valence-electron chi connectivity index (χ2n) is 7.14. The van der Waals surface area contributed by atoms with E-state index >= 15 is 0 Å². The molecule has 150 valence electrons. The molecule has 0 spiro atoms. The van der Waals surface area contributed by atoms with Crippen molar-refractivity contribution in [3.05, 3.63) is 58.2 Å². The van der Waals surface area contributed by atoms with Crippen molar-refractivity contribution < 1.29 is 9.59 Å². The Bertz CT molecular complexity index is 1040. The number of rotatable bonds is 5. The highest BCUT2D eigenvalue weighted by Gasteiger charge is 2.26. The molecule has 29 heavy (non-hydrogen) atoms. The first-order chi connectivity index (χ1) is 14.0. The van der Waals surface area contributed by atoms with Crippen LogP contribution in [-0.2, 0) is 13.0 Å². The largest absolute Gasteiger partial charge is 0.352 e. The van der Waals surface area contributed by atoms with Crippen molar-refractivity contribution in [2.24, 2.45) is 5.92 Å². The molecule has 9 heteroatoms. The molecule has 1 aliphatic rings. The minimum absolute atomic E-state index is 0.133. The number of fused-ring (bicyclic) bond motifs is 1. The first-order valence-corrected chi connectivity index (χ1v) is 10.3. The van der Waals surface area contributed by atoms with Gasteiger partial charge in [0.1, 0.15) is 5.00 Å². The van der Waals surface area contributed by atoms with E-state index in [2.05, 4.69) is 25.7 Å². The Morgan fingerprint density at radius 2 is 2.14 bits per heavy atom. The van der Waals surface area contributed by atoms with Crippen molar-refractivity contribution in [3.8, 4) is 0 Å². The quantitative estimate of drug-likeness (QED) is 0.673. The van der Waals surface area contributed by atoms with Gasteiger partial charge in [0, 0.05) is 25.5 Å². The smallest absolute Gasteiger partial charge is 0.259 e. The van der Waals surface area contributed by atoms with Crippen molar-refractivity contribution in [2.75, 3.05) is 11.9 Å². The number of hydrogen-bond donors (Lipinski definition) is 2. The molecule has 0 saturated heterocycles. The van der Waals surface area contributed by atoms with Crippen LogP contribution in [-0.4, -0.2) is 38.1 Å². The van der Waals surface area contributed by atoms with Gasteiger partial charge < -0.3 is 10.6 Å². The zero-order valence-electron chi connectivity index (χ0n) is 16.3. The van der Waals surface area contributed by atoms with Crippen molar-refractivity contribution in [1.29, 1.82) is 0 Å². The van der Waals surface area contributed by atoms with Crippen molar-refractivity contribution in [3.63, 3.8) is 0 Å². The second kappa shape index (κ2) is 8.12. The molecule has 1 atom stereocenters. The predicted octanol–water partition coefficient (Wildman–Crippen LogP) is 2.60. The molecule has 2 N–H and O–H groups in total. The first-order valence-electron chi connectivity index (χ1n) is 9.49. The number of carbonyl (C=O) groups is 2. The summed E-state index contributed by atoms with van der Waals surface area (Å²) >= 11 is 1.46. The van der Waals surface area contributed by atoms with Crippen LogP contribution in [0.2, 0.25) is 0 Å². The summed E-state index contributed by atoms with van der Waals surface area (Å²) < 4.78 is 1.89. The molecule has 0 unspecified atom stereocenters. The maximum Gasteiger partial charge on any atom is 0.259 e. The highest BCUT2D eigenvalue weighted by molar-refractivity contribution is 7.16. The monoisotopic (exact) mass is 410 g/mol. The number of pyridine rings is 1. The number of nitrogens with zero attached hydrogens (tertiary/aromatic N) is 4. The average Bonchev–Trinajstić information content (AvgIpc) is 3.28. The predicted molar refractivity (Wildman–Crippen MR) is 110 cm³/mol. The van der Waals surface area contributed by atoms with Gasteiger partial charge in [0.05, 0.1) is 33.7 Å². The summed E-state index contributed by atoms with van der Waals surface area (Å²) in [6, 6.07) is 3.48. The van der Waals surface area contributed by atoms with E-state index in [-0.39, 0.29) is 17.7 Å². The maximum absolute atomic E-state index is 12.8. The Labute approximate surface area is 172 Å². The maximum atomic E-state index is 12.8. The van der Waals surface area contributed by atoms with Gasteiger partial charge in [0.2, 0.25) is 0 Å². The van der Waals surface area contributed by atoms with E-state index in [4.69, 9.17) is 0 Å². The molecule has 8 nitrogen and oxygen atoms in total. The van der Waals surface area contributed by atoms with Gasteiger partial charge in [-0.2, -0.15) is 5.10 Å². The van der Waals surface area contributed by atoms with Crippen LogP contribution < -0.4 is 10.6 Å². The fourth-order valence-electron chi connectivity index (χ4n) is 3.52. The standard InChI is InChI=1S/C20H22N6O2S/c1-12-20(29-13(2)24-12)25-19(28)16-11-23-26-7-5-14(8-17(16)26)9-22-18(27)15-4-3-6-21-10-15/h3-4,6,10-11,14H,5,7-9H2,1-2H3,(H,22,27)(H,25,28)/t14-/m0/s1. The highest BCUT2D eigenvalue weighted by Crippen LogP contribution is 2.26. The topological polar surface area (TPSA) is 102 Å². The van der Waals surface area contributed by atoms with Gasteiger partial charge in [-0.1, -0.05) is 0 Å². The number of aromatic nitrogens is 4. The molecule has 0 bridgehead atoms. The van der Waals surface area contributed by atoms with Crippen molar-refractivity contribution in [2.45, 2.75) is 33.2 Å². The fraction of sp³-hybridized carbons (Fsp3) is 0.350. The van der Waals surface area contributed by atoms with Gasteiger partial charge in [0.25, 0.3) is 11.8 Å². The molecule has 4 heterocycles. The van der Waals surface area contributed by atoms with E-state index in [1.165, 1.54) is 11.3 Å². The molecule has 3 aromatic rings. The third-order valence-electron chi connectivity index (χ3n) is 5.03. The van der Waals surface area contributed by atoms with E-state index in [1.807, 2.05) is 18.5 Å². The molecular formula is C20H22N6O2S. The van der Waals surface area contributed by atoms with Gasteiger partial charge in [-0.05, 0) is 44.7 Å². The SMILES string of the molecule is Cc1nc(C)c(NC(=O)c2cnn3c2C[C@@H](CNC(=O)c2cccnc2)CC3)s1. The molecule has 2 amide bonds. The second-order valence-corrected chi connectivity index (χ2v) is 8.34. The van der Waals surface area contributed by atoms with Crippen LogP contribution in [0.3, 0.4) is 0 Å². The Morgan fingerprint density at radius 1 is 1.28 bits per heavy atom. The van der Waals surface area contributed by atoms with E-state index in [1.54, 1.807) is 30.7 Å². The molecule has 0 aliphatic carbocycles. The minimum Gasteiger partial charge on any atom is -0.352 e. The lowest BCUT2D eigenvalue weighted by molar-refractivity contribution is 0.0942. The Kier molecular flexibility index (Phi) is 5.39. The van der Waals surface area contributed by atoms with Crippen molar-refractivity contribution >= 4 is 28.2 Å². The first kappa shape index (κ1) is 19.3. The highest BCUT2D eigenvalue weighted by atomic mass is 32.1. The fourth-order valence-corrected chi connectivity index (χ4v) is 4.33. The van der Waals surface area contributed by atoms with Gasteiger partial charge in [-0.3, -0.25) is 19.3 Å². The summed E-state index contributed by atoms with van der Waals surface area (Å²) in [7, 11) is 0. The summed E-state index contributed by atoms with van der Waals surface area (Å²) in [6.07, 6.45) is 6.41. The molecule has 0 saturated carbocycles. The summed E-state index contributed by atoms with van der Waals surface area (Å²) in [6.45, 7) is 5.08. The average molecular weight is 411 g/mol. The molecule has 3 aromatic heterocycles. The number of anilines is 1. The number of aryl methyl sites for hydroxylation is 3. The van der Waals surface area contributed by atoms with E-state index in [0.29, 0.717) is 24.1 Å². The third kappa shape index (κ3) is 4.19. The Balaban J connectivity index is 1.41. The molecule has 0 fully saturated rings. The molecule has 1 aliphatic heterocycles. The minimum atomic E-state index is -0.168. The van der Waals surface area contributed by atoms with Crippen LogP contribution in [0.15, 0.2) is 30.7 Å². The van der Waals surface area contributed by atoms with Gasteiger partial charge in [0.15, 0.2) is 0 Å². The normalized spacial score (nSPS) is 15.6. The molecule has 0 aromatic carbocycles. The molecular weight excluding hydrogens is 388 g/mol.